The number of aryl methyl sites for hydroxylation is 1. The van der Waals surface area contributed by atoms with Crippen molar-refractivity contribution in [2.24, 2.45) is 0 Å². The normalized spacial score (nSPS) is 19.4. The fourth-order valence-corrected chi connectivity index (χ4v) is 2.40. The number of para-hydroxylation sites is 1. The van der Waals surface area contributed by atoms with Crippen LogP contribution in [0.1, 0.15) is 17.7 Å². The minimum absolute atomic E-state index is 0.107. The van der Waals surface area contributed by atoms with Crippen LogP contribution in [-0.4, -0.2) is 9.55 Å². The summed E-state index contributed by atoms with van der Waals surface area (Å²) in [7, 11) is 0. The summed E-state index contributed by atoms with van der Waals surface area (Å²) in [5, 5.41) is 8.96. The van der Waals surface area contributed by atoms with Crippen molar-refractivity contribution in [2.45, 2.75) is 18.3 Å². The number of rotatable bonds is 0. The van der Waals surface area contributed by atoms with Crippen LogP contribution in [0.25, 0.3) is 10.9 Å². The summed E-state index contributed by atoms with van der Waals surface area (Å²) in [6.07, 6.45) is 1.74. The smallest absolute Gasteiger partial charge is 0.136 e. The molecule has 0 radical (unpaired) electrons. The molecule has 76 valence electrons. The molecule has 0 spiro atoms. The number of hydrogen-bond acceptors (Lipinski definition) is 2. The van der Waals surface area contributed by atoms with Crippen molar-refractivity contribution < 1.29 is 0 Å². The number of hydrogen-bond donors (Lipinski definition) is 1. The minimum atomic E-state index is -0.107. The summed E-state index contributed by atoms with van der Waals surface area (Å²) >= 11 is 6.15. The highest BCUT2D eigenvalue weighted by molar-refractivity contribution is 6.19. The molecule has 2 heterocycles. The molecule has 0 fully saturated rings. The third kappa shape index (κ3) is 1.20. The van der Waals surface area contributed by atoms with E-state index in [9.17, 15) is 0 Å². The van der Waals surface area contributed by atoms with Gasteiger partial charge in [0.1, 0.15) is 16.8 Å². The summed E-state index contributed by atoms with van der Waals surface area (Å²) in [5.41, 5.74) is 1.26. The molecular weight excluding hydrogens is 210 g/mol. The standard InChI is InChI=1S/C11H10ClN3/c12-9-5-6-10-14-8-4-2-1-3-7(8)11(13)15(9)10/h1-4,9,13H,5-6H2. The molecular formula is C11H10ClN3. The van der Waals surface area contributed by atoms with Crippen molar-refractivity contribution >= 4 is 22.5 Å². The molecule has 1 unspecified atom stereocenters. The van der Waals surface area contributed by atoms with Gasteiger partial charge in [-0.25, -0.2) is 4.98 Å². The first-order valence-corrected chi connectivity index (χ1v) is 5.40. The highest BCUT2D eigenvalue weighted by atomic mass is 35.5. The van der Waals surface area contributed by atoms with Gasteiger partial charge in [-0.3, -0.25) is 9.98 Å². The molecule has 4 heteroatoms. The molecule has 1 aromatic heterocycles. The van der Waals surface area contributed by atoms with Crippen molar-refractivity contribution in [2.75, 3.05) is 0 Å². The Kier molecular flexibility index (Phi) is 1.83. The first-order chi connectivity index (χ1) is 7.27. The lowest BCUT2D eigenvalue weighted by molar-refractivity contribution is 0.668. The van der Waals surface area contributed by atoms with Crippen molar-refractivity contribution in [3.63, 3.8) is 0 Å². The largest absolute Gasteiger partial charge is 0.297 e. The quantitative estimate of drug-likeness (QED) is 0.679. The van der Waals surface area contributed by atoms with Crippen LogP contribution in [0.2, 0.25) is 0 Å². The molecule has 0 saturated heterocycles. The second-order valence-electron chi connectivity index (χ2n) is 3.74. The van der Waals surface area contributed by atoms with E-state index >= 15 is 0 Å². The van der Waals surface area contributed by atoms with Gasteiger partial charge in [0.25, 0.3) is 0 Å². The van der Waals surface area contributed by atoms with Crippen molar-refractivity contribution in [1.82, 2.24) is 9.55 Å². The highest BCUT2D eigenvalue weighted by Gasteiger charge is 2.21. The van der Waals surface area contributed by atoms with Gasteiger partial charge < -0.3 is 0 Å². The molecule has 0 saturated carbocycles. The molecule has 2 aromatic rings. The van der Waals surface area contributed by atoms with E-state index in [4.69, 9.17) is 17.0 Å². The number of nitrogens with zero attached hydrogens (tertiary/aromatic N) is 2. The zero-order valence-corrected chi connectivity index (χ0v) is 8.83. The molecule has 1 aromatic carbocycles. The van der Waals surface area contributed by atoms with Crippen LogP contribution < -0.4 is 5.49 Å². The van der Waals surface area contributed by atoms with E-state index in [1.54, 1.807) is 0 Å². The fourth-order valence-electron chi connectivity index (χ4n) is 2.08. The van der Waals surface area contributed by atoms with Gasteiger partial charge in [0.2, 0.25) is 0 Å². The number of alkyl halides is 1. The van der Waals surface area contributed by atoms with E-state index in [-0.39, 0.29) is 5.50 Å². The Morgan fingerprint density at radius 2 is 2.20 bits per heavy atom. The molecule has 3 rings (SSSR count). The van der Waals surface area contributed by atoms with Crippen LogP contribution in [0.3, 0.4) is 0 Å². The molecule has 1 aliphatic heterocycles. The Labute approximate surface area is 91.8 Å². The van der Waals surface area contributed by atoms with E-state index in [2.05, 4.69) is 4.98 Å². The van der Waals surface area contributed by atoms with E-state index < -0.39 is 0 Å². The topological polar surface area (TPSA) is 41.7 Å². The lowest BCUT2D eigenvalue weighted by Crippen LogP contribution is -2.22. The molecule has 1 N–H and O–H groups in total. The van der Waals surface area contributed by atoms with Gasteiger partial charge in [-0.05, 0) is 18.6 Å². The Hall–Kier alpha value is -1.35. The van der Waals surface area contributed by atoms with Crippen LogP contribution in [-0.2, 0) is 6.42 Å². The molecule has 1 aliphatic rings. The highest BCUT2D eigenvalue weighted by Crippen LogP contribution is 2.26. The summed E-state index contributed by atoms with van der Waals surface area (Å²) < 4.78 is 1.82. The summed E-state index contributed by atoms with van der Waals surface area (Å²) in [6.45, 7) is 0. The maximum absolute atomic E-state index is 8.09. The lowest BCUT2D eigenvalue weighted by Gasteiger charge is -2.09. The van der Waals surface area contributed by atoms with Crippen LogP contribution in [0.5, 0.6) is 0 Å². The molecule has 0 bridgehead atoms. The minimum Gasteiger partial charge on any atom is -0.297 e. The van der Waals surface area contributed by atoms with Gasteiger partial charge >= 0.3 is 0 Å². The van der Waals surface area contributed by atoms with Gasteiger partial charge in [0.05, 0.1) is 5.52 Å². The number of nitrogens with one attached hydrogen (secondary N) is 1. The predicted molar refractivity (Wildman–Crippen MR) is 58.8 cm³/mol. The Balaban J connectivity index is 2.47. The van der Waals surface area contributed by atoms with Gasteiger partial charge in [0.15, 0.2) is 0 Å². The third-order valence-corrected chi connectivity index (χ3v) is 3.23. The Bertz CT molecular complexity index is 588. The van der Waals surface area contributed by atoms with Gasteiger partial charge in [-0.2, -0.15) is 0 Å². The Morgan fingerprint density at radius 1 is 1.40 bits per heavy atom. The number of benzene rings is 1. The van der Waals surface area contributed by atoms with Crippen LogP contribution >= 0.6 is 11.6 Å². The van der Waals surface area contributed by atoms with Crippen LogP contribution in [0.4, 0.5) is 0 Å². The number of aromatic nitrogens is 2. The van der Waals surface area contributed by atoms with Crippen LogP contribution in [0, 0.1) is 5.41 Å². The molecule has 15 heavy (non-hydrogen) atoms. The lowest BCUT2D eigenvalue weighted by atomic mass is 10.2. The summed E-state index contributed by atoms with van der Waals surface area (Å²) in [5.74, 6) is 0.929. The maximum atomic E-state index is 8.09. The maximum Gasteiger partial charge on any atom is 0.136 e. The SMILES string of the molecule is N=c1c2ccccc2nc2n1C(Cl)CC2. The average Bonchev–Trinajstić information content (AvgIpc) is 2.61. The molecule has 1 atom stereocenters. The summed E-state index contributed by atoms with van der Waals surface area (Å²) in [6, 6.07) is 7.72. The molecule has 0 amide bonds. The third-order valence-electron chi connectivity index (χ3n) is 2.81. The first kappa shape index (κ1) is 8.92. The van der Waals surface area contributed by atoms with Crippen LogP contribution in [0.15, 0.2) is 24.3 Å². The van der Waals surface area contributed by atoms with Gasteiger partial charge in [0, 0.05) is 11.8 Å². The van der Waals surface area contributed by atoms with E-state index in [0.717, 1.165) is 29.6 Å². The number of fused-ring (bicyclic) bond motifs is 2. The van der Waals surface area contributed by atoms with Gasteiger partial charge in [-0.1, -0.05) is 23.7 Å². The number of halogens is 1. The van der Waals surface area contributed by atoms with Crippen molar-refractivity contribution in [3.8, 4) is 0 Å². The van der Waals surface area contributed by atoms with E-state index in [0.29, 0.717) is 5.49 Å². The zero-order chi connectivity index (χ0) is 10.4. The second kappa shape index (κ2) is 3.07. The monoisotopic (exact) mass is 219 g/mol. The molecule has 3 nitrogen and oxygen atoms in total. The predicted octanol–water partition coefficient (Wildman–Crippen LogP) is 2.20. The average molecular weight is 220 g/mol. The summed E-state index contributed by atoms with van der Waals surface area (Å²) in [4.78, 5) is 4.53. The van der Waals surface area contributed by atoms with E-state index in [1.165, 1.54) is 0 Å². The van der Waals surface area contributed by atoms with Crippen molar-refractivity contribution in [1.29, 1.82) is 5.41 Å². The first-order valence-electron chi connectivity index (χ1n) is 4.96. The second-order valence-corrected chi connectivity index (χ2v) is 4.24. The van der Waals surface area contributed by atoms with Gasteiger partial charge in [-0.15, -0.1) is 0 Å². The van der Waals surface area contributed by atoms with Crippen molar-refractivity contribution in [3.05, 3.63) is 35.6 Å². The fraction of sp³-hybridized carbons (Fsp3) is 0.273. The Morgan fingerprint density at radius 3 is 3.07 bits per heavy atom. The molecule has 0 aliphatic carbocycles. The zero-order valence-electron chi connectivity index (χ0n) is 8.07. The van der Waals surface area contributed by atoms with E-state index in [1.807, 2.05) is 28.8 Å².